The van der Waals surface area contributed by atoms with Gasteiger partial charge in [0.05, 0.1) is 12.2 Å². The average Bonchev–Trinajstić information content (AvgIpc) is 2.18. The quantitative estimate of drug-likeness (QED) is 0.677. The number of benzene rings is 1. The van der Waals surface area contributed by atoms with E-state index in [2.05, 4.69) is 0 Å². The molecular weight excluding hydrogens is 222 g/mol. The van der Waals surface area contributed by atoms with Crippen LogP contribution >= 0.6 is 0 Å². The number of nitrogens with two attached hydrogens (primary N) is 1. The van der Waals surface area contributed by atoms with Gasteiger partial charge in [0.25, 0.3) is 0 Å². The molecule has 0 amide bonds. The van der Waals surface area contributed by atoms with Crippen molar-refractivity contribution in [3.63, 3.8) is 0 Å². The maximum Gasteiger partial charge on any atom is 0.339 e. The minimum Gasteiger partial charge on any atom is -0.493 e. The van der Waals surface area contributed by atoms with Crippen LogP contribution in [0.15, 0.2) is 18.2 Å². The number of carboxylic acid groups (broad SMARTS) is 1. The predicted molar refractivity (Wildman–Crippen MR) is 64.2 cm³/mol. The molecule has 1 rings (SSSR count). The van der Waals surface area contributed by atoms with Crippen LogP contribution in [-0.2, 0) is 0 Å². The Morgan fingerprint density at radius 2 is 2.12 bits per heavy atom. The molecule has 0 saturated heterocycles. The van der Waals surface area contributed by atoms with E-state index in [1.807, 2.05) is 0 Å². The molecule has 17 heavy (non-hydrogen) atoms. The van der Waals surface area contributed by atoms with Crippen molar-refractivity contribution in [3.05, 3.63) is 23.8 Å². The van der Waals surface area contributed by atoms with Crippen molar-refractivity contribution < 1.29 is 19.7 Å². The molecule has 0 atom stereocenters. The number of ether oxygens (including phenoxy) is 1. The molecular formula is C12H17NO4. The fourth-order valence-electron chi connectivity index (χ4n) is 1.25. The van der Waals surface area contributed by atoms with Gasteiger partial charge in [-0.15, -0.1) is 0 Å². The Morgan fingerprint density at radius 1 is 1.47 bits per heavy atom. The third-order valence-electron chi connectivity index (χ3n) is 2.21. The Balaban J connectivity index is 2.74. The van der Waals surface area contributed by atoms with Crippen molar-refractivity contribution >= 4 is 11.7 Å². The highest BCUT2D eigenvalue weighted by molar-refractivity contribution is 5.92. The fourth-order valence-corrected chi connectivity index (χ4v) is 1.25. The van der Waals surface area contributed by atoms with E-state index < -0.39 is 11.6 Å². The Labute approximate surface area is 99.8 Å². The summed E-state index contributed by atoms with van der Waals surface area (Å²) >= 11 is 0. The zero-order valence-corrected chi connectivity index (χ0v) is 9.93. The molecule has 0 saturated carbocycles. The standard InChI is InChI=1S/C12H17NO4/c1-12(2,16)5-6-17-10-4-3-8(13)7-9(10)11(14)15/h3-4,7,16H,5-6,13H2,1-2H3,(H,14,15). The molecule has 4 N–H and O–H groups in total. The number of carboxylic acids is 1. The highest BCUT2D eigenvalue weighted by atomic mass is 16.5. The van der Waals surface area contributed by atoms with Crippen LogP contribution < -0.4 is 10.5 Å². The van der Waals surface area contributed by atoms with Crippen LogP contribution in [0.2, 0.25) is 0 Å². The maximum absolute atomic E-state index is 10.9. The van der Waals surface area contributed by atoms with Crippen LogP contribution in [0, 0.1) is 0 Å². The molecule has 94 valence electrons. The molecule has 0 unspecified atom stereocenters. The molecule has 5 heteroatoms. The number of hydrogen-bond acceptors (Lipinski definition) is 4. The molecule has 1 aromatic rings. The number of anilines is 1. The van der Waals surface area contributed by atoms with E-state index >= 15 is 0 Å². The second-order valence-corrected chi connectivity index (χ2v) is 4.47. The van der Waals surface area contributed by atoms with Gasteiger partial charge in [0.1, 0.15) is 11.3 Å². The maximum atomic E-state index is 10.9. The van der Waals surface area contributed by atoms with Gasteiger partial charge in [-0.2, -0.15) is 0 Å². The van der Waals surface area contributed by atoms with Crippen molar-refractivity contribution in [1.29, 1.82) is 0 Å². The Bertz CT molecular complexity index is 409. The summed E-state index contributed by atoms with van der Waals surface area (Å²) in [6, 6.07) is 4.44. The van der Waals surface area contributed by atoms with Crippen molar-refractivity contribution in [2.45, 2.75) is 25.9 Å². The van der Waals surface area contributed by atoms with Crippen molar-refractivity contribution in [2.24, 2.45) is 0 Å². The molecule has 0 aliphatic carbocycles. The first-order valence-electron chi connectivity index (χ1n) is 5.27. The number of aliphatic hydroxyl groups is 1. The summed E-state index contributed by atoms with van der Waals surface area (Å²) in [6.45, 7) is 3.57. The highest BCUT2D eigenvalue weighted by Crippen LogP contribution is 2.22. The van der Waals surface area contributed by atoms with Gasteiger partial charge in [0.15, 0.2) is 0 Å². The van der Waals surface area contributed by atoms with Gasteiger partial charge < -0.3 is 20.7 Å². The second kappa shape index (κ2) is 5.05. The van der Waals surface area contributed by atoms with E-state index in [4.69, 9.17) is 15.6 Å². The van der Waals surface area contributed by atoms with Crippen LogP contribution in [0.4, 0.5) is 5.69 Å². The largest absolute Gasteiger partial charge is 0.493 e. The van der Waals surface area contributed by atoms with Crippen LogP contribution in [0.1, 0.15) is 30.6 Å². The van der Waals surface area contributed by atoms with E-state index in [-0.39, 0.29) is 17.9 Å². The number of carbonyl (C=O) groups is 1. The molecule has 0 aromatic heterocycles. The number of hydrogen-bond donors (Lipinski definition) is 3. The highest BCUT2D eigenvalue weighted by Gasteiger charge is 2.15. The first-order valence-corrected chi connectivity index (χ1v) is 5.27. The summed E-state index contributed by atoms with van der Waals surface area (Å²) < 4.78 is 5.33. The van der Waals surface area contributed by atoms with Gasteiger partial charge in [-0.1, -0.05) is 0 Å². The van der Waals surface area contributed by atoms with Gasteiger partial charge >= 0.3 is 5.97 Å². The fraction of sp³-hybridized carbons (Fsp3) is 0.417. The monoisotopic (exact) mass is 239 g/mol. The summed E-state index contributed by atoms with van der Waals surface area (Å²) in [5.41, 5.74) is 5.07. The molecule has 0 aliphatic heterocycles. The third kappa shape index (κ3) is 4.32. The van der Waals surface area contributed by atoms with E-state index in [0.717, 1.165) is 0 Å². The lowest BCUT2D eigenvalue weighted by molar-refractivity contribution is 0.0548. The SMILES string of the molecule is CC(C)(O)CCOc1ccc(N)cc1C(=O)O. The van der Waals surface area contributed by atoms with E-state index in [0.29, 0.717) is 12.1 Å². The van der Waals surface area contributed by atoms with E-state index in [1.165, 1.54) is 12.1 Å². The van der Waals surface area contributed by atoms with Crippen molar-refractivity contribution in [2.75, 3.05) is 12.3 Å². The van der Waals surface area contributed by atoms with E-state index in [1.54, 1.807) is 19.9 Å². The topological polar surface area (TPSA) is 92.8 Å². The summed E-state index contributed by atoms with van der Waals surface area (Å²) in [5.74, 6) is -0.827. The molecule has 0 spiro atoms. The van der Waals surface area contributed by atoms with Crippen LogP contribution in [0.3, 0.4) is 0 Å². The minimum absolute atomic E-state index is 0.0285. The van der Waals surface area contributed by atoms with Gasteiger partial charge in [-0.3, -0.25) is 0 Å². The van der Waals surface area contributed by atoms with Crippen molar-refractivity contribution in [1.82, 2.24) is 0 Å². The average molecular weight is 239 g/mol. The normalized spacial score (nSPS) is 11.2. The lowest BCUT2D eigenvalue weighted by Gasteiger charge is -2.17. The van der Waals surface area contributed by atoms with Crippen LogP contribution in [0.5, 0.6) is 5.75 Å². The summed E-state index contributed by atoms with van der Waals surface area (Å²) in [4.78, 5) is 10.9. The molecule has 0 fully saturated rings. The number of rotatable bonds is 5. The lowest BCUT2D eigenvalue weighted by atomic mass is 10.1. The molecule has 0 aliphatic rings. The minimum atomic E-state index is -1.09. The lowest BCUT2D eigenvalue weighted by Crippen LogP contribution is -2.22. The number of aromatic carboxylic acids is 1. The zero-order valence-electron chi connectivity index (χ0n) is 9.93. The smallest absolute Gasteiger partial charge is 0.339 e. The first-order chi connectivity index (χ1) is 7.79. The third-order valence-corrected chi connectivity index (χ3v) is 2.21. The molecule has 0 heterocycles. The Hall–Kier alpha value is -1.75. The number of nitrogen functional groups attached to an aromatic ring is 1. The Morgan fingerprint density at radius 3 is 2.65 bits per heavy atom. The summed E-state index contributed by atoms with van der Waals surface area (Å²) in [6.07, 6.45) is 0.413. The van der Waals surface area contributed by atoms with Gasteiger partial charge in [0, 0.05) is 12.1 Å². The first kappa shape index (κ1) is 13.3. The summed E-state index contributed by atoms with van der Waals surface area (Å²) in [5, 5.41) is 18.5. The second-order valence-electron chi connectivity index (χ2n) is 4.47. The molecule has 5 nitrogen and oxygen atoms in total. The Kier molecular flexibility index (Phi) is 3.96. The zero-order chi connectivity index (χ0) is 13.1. The molecule has 0 bridgehead atoms. The van der Waals surface area contributed by atoms with Gasteiger partial charge in [0.2, 0.25) is 0 Å². The molecule has 1 aromatic carbocycles. The van der Waals surface area contributed by atoms with E-state index in [9.17, 15) is 9.90 Å². The van der Waals surface area contributed by atoms with Crippen LogP contribution in [0.25, 0.3) is 0 Å². The summed E-state index contributed by atoms with van der Waals surface area (Å²) in [7, 11) is 0. The van der Waals surface area contributed by atoms with Crippen LogP contribution in [-0.4, -0.2) is 28.4 Å². The molecule has 0 radical (unpaired) electrons. The van der Waals surface area contributed by atoms with Crippen molar-refractivity contribution in [3.8, 4) is 5.75 Å². The predicted octanol–water partition coefficient (Wildman–Crippen LogP) is 1.51. The van der Waals surface area contributed by atoms with Gasteiger partial charge in [-0.25, -0.2) is 4.79 Å². The van der Waals surface area contributed by atoms with Gasteiger partial charge in [-0.05, 0) is 32.0 Å².